The molecule has 3 nitrogen and oxygen atoms in total. The third kappa shape index (κ3) is 3.15. The van der Waals surface area contributed by atoms with E-state index in [2.05, 4.69) is 4.99 Å². The summed E-state index contributed by atoms with van der Waals surface area (Å²) in [5, 5.41) is 0. The standard InChI is InChI=1S/C12H15FN2O/c1-9(2)15(3)8-14-12-5-4-11(13)6-10(12)7-16/h4-9H,1-3H3. The molecular formula is C12H15FN2O. The Balaban J connectivity index is 2.92. The van der Waals surface area contributed by atoms with Crippen LogP contribution in [0, 0.1) is 5.82 Å². The van der Waals surface area contributed by atoms with E-state index in [9.17, 15) is 9.18 Å². The first-order chi connectivity index (χ1) is 7.54. The van der Waals surface area contributed by atoms with Crippen LogP contribution in [-0.4, -0.2) is 30.6 Å². The average Bonchev–Trinajstić information content (AvgIpc) is 2.26. The van der Waals surface area contributed by atoms with Crippen molar-refractivity contribution in [1.29, 1.82) is 0 Å². The Bertz CT molecular complexity index is 402. The molecule has 0 saturated carbocycles. The molecular weight excluding hydrogens is 207 g/mol. The molecule has 0 fully saturated rings. The van der Waals surface area contributed by atoms with E-state index >= 15 is 0 Å². The van der Waals surface area contributed by atoms with E-state index in [4.69, 9.17) is 0 Å². The molecule has 0 amide bonds. The van der Waals surface area contributed by atoms with E-state index in [0.29, 0.717) is 18.0 Å². The highest BCUT2D eigenvalue weighted by atomic mass is 19.1. The van der Waals surface area contributed by atoms with Crippen molar-refractivity contribution in [3.63, 3.8) is 0 Å². The highest BCUT2D eigenvalue weighted by Crippen LogP contribution is 2.18. The van der Waals surface area contributed by atoms with Crippen molar-refractivity contribution in [2.24, 2.45) is 4.99 Å². The van der Waals surface area contributed by atoms with Gasteiger partial charge in [0.25, 0.3) is 0 Å². The van der Waals surface area contributed by atoms with Crippen LogP contribution >= 0.6 is 0 Å². The molecule has 0 radical (unpaired) electrons. The van der Waals surface area contributed by atoms with Gasteiger partial charge in [-0.15, -0.1) is 0 Å². The molecule has 86 valence electrons. The highest BCUT2D eigenvalue weighted by Gasteiger charge is 2.02. The normalized spacial score (nSPS) is 11.1. The Hall–Kier alpha value is -1.71. The Morgan fingerprint density at radius 2 is 2.12 bits per heavy atom. The third-order valence-electron chi connectivity index (χ3n) is 2.31. The summed E-state index contributed by atoms with van der Waals surface area (Å²) in [6, 6.07) is 4.28. The minimum absolute atomic E-state index is 0.258. The summed E-state index contributed by atoms with van der Waals surface area (Å²) < 4.78 is 12.8. The van der Waals surface area contributed by atoms with E-state index in [1.165, 1.54) is 18.2 Å². The predicted molar refractivity (Wildman–Crippen MR) is 62.8 cm³/mol. The number of carbonyl (C=O) groups is 1. The maximum Gasteiger partial charge on any atom is 0.152 e. The number of halogens is 1. The van der Waals surface area contributed by atoms with Gasteiger partial charge in [0.2, 0.25) is 0 Å². The van der Waals surface area contributed by atoms with Gasteiger partial charge in [-0.3, -0.25) is 4.79 Å². The zero-order valence-corrected chi connectivity index (χ0v) is 9.64. The Kier molecular flexibility index (Phi) is 4.17. The largest absolute Gasteiger partial charge is 0.363 e. The van der Waals surface area contributed by atoms with E-state index in [1.54, 1.807) is 6.34 Å². The van der Waals surface area contributed by atoms with Gasteiger partial charge in [0.05, 0.1) is 12.0 Å². The van der Waals surface area contributed by atoms with Crippen LogP contribution in [0.3, 0.4) is 0 Å². The Morgan fingerprint density at radius 1 is 1.44 bits per heavy atom. The Morgan fingerprint density at radius 3 is 2.69 bits per heavy atom. The van der Waals surface area contributed by atoms with Gasteiger partial charge in [-0.1, -0.05) is 0 Å². The van der Waals surface area contributed by atoms with Gasteiger partial charge >= 0.3 is 0 Å². The number of hydrogen-bond donors (Lipinski definition) is 0. The van der Waals surface area contributed by atoms with Crippen molar-refractivity contribution in [2.45, 2.75) is 19.9 Å². The Labute approximate surface area is 94.6 Å². The summed E-state index contributed by atoms with van der Waals surface area (Å²) in [6.45, 7) is 4.05. The second-order valence-electron chi connectivity index (χ2n) is 3.82. The maximum atomic E-state index is 12.8. The van der Waals surface area contributed by atoms with Crippen molar-refractivity contribution >= 4 is 18.3 Å². The van der Waals surface area contributed by atoms with Gasteiger partial charge < -0.3 is 4.90 Å². The first kappa shape index (κ1) is 12.4. The molecule has 0 aliphatic carbocycles. The van der Waals surface area contributed by atoms with Crippen molar-refractivity contribution in [3.05, 3.63) is 29.6 Å². The predicted octanol–water partition coefficient (Wildman–Crippen LogP) is 2.64. The average molecular weight is 222 g/mol. The summed E-state index contributed by atoms with van der Waals surface area (Å²) >= 11 is 0. The van der Waals surface area contributed by atoms with Crippen LogP contribution in [0.15, 0.2) is 23.2 Å². The number of benzene rings is 1. The molecule has 0 aliphatic heterocycles. The number of aldehydes is 1. The molecule has 0 aliphatic rings. The van der Waals surface area contributed by atoms with Crippen LogP contribution in [-0.2, 0) is 0 Å². The summed E-state index contributed by atoms with van der Waals surface area (Å²) in [5.41, 5.74) is 0.734. The minimum Gasteiger partial charge on any atom is -0.363 e. The molecule has 0 atom stereocenters. The van der Waals surface area contributed by atoms with Crippen molar-refractivity contribution < 1.29 is 9.18 Å². The first-order valence-electron chi connectivity index (χ1n) is 5.05. The molecule has 1 rings (SSSR count). The van der Waals surface area contributed by atoms with Gasteiger partial charge in [0, 0.05) is 18.7 Å². The first-order valence-corrected chi connectivity index (χ1v) is 5.05. The van der Waals surface area contributed by atoms with Crippen molar-refractivity contribution in [2.75, 3.05) is 7.05 Å². The fraction of sp³-hybridized carbons (Fsp3) is 0.333. The SMILES string of the molecule is CC(C)N(C)C=Nc1ccc(F)cc1C=O. The third-order valence-corrected chi connectivity index (χ3v) is 2.31. The number of nitrogens with zero attached hydrogens (tertiary/aromatic N) is 2. The summed E-state index contributed by atoms with van der Waals surface area (Å²) in [5.74, 6) is -0.432. The summed E-state index contributed by atoms with van der Waals surface area (Å²) in [4.78, 5) is 16.7. The van der Waals surface area contributed by atoms with Crippen molar-refractivity contribution in [1.82, 2.24) is 4.90 Å². The molecule has 0 N–H and O–H groups in total. The number of hydrogen-bond acceptors (Lipinski definition) is 2. The smallest absolute Gasteiger partial charge is 0.152 e. The lowest BCUT2D eigenvalue weighted by molar-refractivity contribution is 0.112. The molecule has 1 aromatic rings. The van der Waals surface area contributed by atoms with Crippen LogP contribution in [0.4, 0.5) is 10.1 Å². The van der Waals surface area contributed by atoms with Crippen LogP contribution in [0.2, 0.25) is 0 Å². The van der Waals surface area contributed by atoms with E-state index in [0.717, 1.165) is 0 Å². The van der Waals surface area contributed by atoms with Gasteiger partial charge in [-0.05, 0) is 32.0 Å². The second-order valence-corrected chi connectivity index (χ2v) is 3.82. The van der Waals surface area contributed by atoms with Crippen LogP contribution in [0.25, 0.3) is 0 Å². The van der Waals surface area contributed by atoms with E-state index in [1.807, 2.05) is 25.8 Å². The lowest BCUT2D eigenvalue weighted by Gasteiger charge is -2.17. The maximum absolute atomic E-state index is 12.8. The number of rotatable bonds is 4. The van der Waals surface area contributed by atoms with Crippen LogP contribution in [0.1, 0.15) is 24.2 Å². The zero-order valence-electron chi connectivity index (χ0n) is 9.64. The molecule has 1 aromatic carbocycles. The van der Waals surface area contributed by atoms with Gasteiger partial charge in [0.15, 0.2) is 6.29 Å². The molecule has 0 spiro atoms. The fourth-order valence-electron chi connectivity index (χ4n) is 1.02. The topological polar surface area (TPSA) is 32.7 Å². The van der Waals surface area contributed by atoms with Crippen LogP contribution in [0.5, 0.6) is 0 Å². The lowest BCUT2D eigenvalue weighted by atomic mass is 10.2. The molecule has 0 aromatic heterocycles. The molecule has 0 unspecified atom stereocenters. The van der Waals surface area contributed by atoms with Crippen LogP contribution < -0.4 is 0 Å². The van der Waals surface area contributed by atoms with Gasteiger partial charge in [-0.2, -0.15) is 0 Å². The molecule has 0 bridgehead atoms. The summed E-state index contributed by atoms with van der Waals surface area (Å²) in [7, 11) is 1.89. The monoisotopic (exact) mass is 222 g/mol. The van der Waals surface area contributed by atoms with E-state index < -0.39 is 5.82 Å². The molecule has 16 heavy (non-hydrogen) atoms. The van der Waals surface area contributed by atoms with Gasteiger partial charge in [-0.25, -0.2) is 9.38 Å². The minimum atomic E-state index is -0.432. The number of carbonyl (C=O) groups excluding carboxylic acids is 1. The molecule has 4 heteroatoms. The lowest BCUT2D eigenvalue weighted by Crippen LogP contribution is -2.24. The number of aliphatic imine (C=N–C) groups is 1. The molecule has 0 heterocycles. The highest BCUT2D eigenvalue weighted by molar-refractivity contribution is 5.84. The van der Waals surface area contributed by atoms with Crippen molar-refractivity contribution in [3.8, 4) is 0 Å². The molecule has 0 saturated heterocycles. The van der Waals surface area contributed by atoms with E-state index in [-0.39, 0.29) is 5.56 Å². The quantitative estimate of drug-likeness (QED) is 0.445. The zero-order chi connectivity index (χ0) is 12.1. The summed E-state index contributed by atoms with van der Waals surface area (Å²) in [6.07, 6.45) is 2.23. The second kappa shape index (κ2) is 5.39. The van der Waals surface area contributed by atoms with Gasteiger partial charge in [0.1, 0.15) is 5.82 Å². The fourth-order valence-corrected chi connectivity index (χ4v) is 1.02.